The lowest BCUT2D eigenvalue weighted by molar-refractivity contribution is 0.110. The average Bonchev–Trinajstić information content (AvgIpc) is 3.07. The summed E-state index contributed by atoms with van der Waals surface area (Å²) in [7, 11) is 0. The van der Waals surface area contributed by atoms with E-state index in [0.29, 0.717) is 23.4 Å². The van der Waals surface area contributed by atoms with Crippen molar-refractivity contribution in [2.45, 2.75) is 18.9 Å². The summed E-state index contributed by atoms with van der Waals surface area (Å²) in [6.45, 7) is 0.944. The van der Waals surface area contributed by atoms with Crippen molar-refractivity contribution in [2.75, 3.05) is 6.54 Å². The van der Waals surface area contributed by atoms with Gasteiger partial charge in [-0.15, -0.1) is 0 Å². The number of hydrogen-bond donors (Lipinski definition) is 2. The van der Waals surface area contributed by atoms with Crippen LogP contribution in [0.2, 0.25) is 0 Å². The second-order valence-electron chi connectivity index (χ2n) is 4.76. The molecule has 0 unspecified atom stereocenters. The summed E-state index contributed by atoms with van der Waals surface area (Å²) in [6.07, 6.45) is 2.71. The van der Waals surface area contributed by atoms with Gasteiger partial charge in [0.05, 0.1) is 6.04 Å². The molecule has 1 fully saturated rings. The molecule has 1 saturated heterocycles. The zero-order valence-corrected chi connectivity index (χ0v) is 12.3. The largest absolute Gasteiger partial charge is 0.451 e. The van der Waals surface area contributed by atoms with Crippen molar-refractivity contribution in [1.82, 2.24) is 5.32 Å². The maximum atomic E-state index is 11.2. The highest BCUT2D eigenvalue weighted by Gasteiger charge is 2.20. The van der Waals surface area contributed by atoms with Crippen molar-refractivity contribution < 1.29 is 9.21 Å². The predicted molar refractivity (Wildman–Crippen MR) is 81.6 cm³/mol. The molecule has 0 bridgehead atoms. The summed E-state index contributed by atoms with van der Waals surface area (Å²) in [5, 5.41) is 4.06. The standard InChI is InChI=1S/C14H14BrN3O2/c15-8-3-4-11-9(6-8)13(12(7-19)20-11)18-14(16)10-2-1-5-17-10/h3-4,6-7,10,17H,1-2,5H2,(H2,16,18)/t10-/m0/s1. The minimum Gasteiger partial charge on any atom is -0.451 e. The number of carbonyl (C=O) groups excluding carboxylic acids is 1. The van der Waals surface area contributed by atoms with Crippen LogP contribution in [0.3, 0.4) is 0 Å². The molecule has 3 N–H and O–H groups in total. The van der Waals surface area contributed by atoms with Gasteiger partial charge in [0.1, 0.15) is 17.1 Å². The van der Waals surface area contributed by atoms with Gasteiger partial charge in [-0.3, -0.25) is 4.79 Å². The average molecular weight is 336 g/mol. The normalized spacial score (nSPS) is 19.6. The maximum absolute atomic E-state index is 11.2. The summed E-state index contributed by atoms with van der Waals surface area (Å²) < 4.78 is 6.40. The lowest BCUT2D eigenvalue weighted by Crippen LogP contribution is -2.36. The Bertz CT molecular complexity index is 687. The molecular weight excluding hydrogens is 322 g/mol. The Balaban J connectivity index is 2.11. The third-order valence-corrected chi connectivity index (χ3v) is 3.91. The Labute approximate surface area is 124 Å². The summed E-state index contributed by atoms with van der Waals surface area (Å²) in [5.74, 6) is 0.701. The lowest BCUT2D eigenvalue weighted by Gasteiger charge is -2.08. The van der Waals surface area contributed by atoms with Crippen molar-refractivity contribution in [2.24, 2.45) is 10.7 Å². The molecule has 104 valence electrons. The maximum Gasteiger partial charge on any atom is 0.193 e. The van der Waals surface area contributed by atoms with Crippen LogP contribution in [0.25, 0.3) is 11.0 Å². The first-order chi connectivity index (χ1) is 9.69. The van der Waals surface area contributed by atoms with Gasteiger partial charge in [0, 0.05) is 9.86 Å². The SMILES string of the molecule is NC(=Nc1c(C=O)oc2ccc(Br)cc12)[C@@H]1CCCN1. The molecule has 0 aliphatic carbocycles. The number of nitrogens with one attached hydrogen (secondary N) is 1. The summed E-state index contributed by atoms with van der Waals surface area (Å²) >= 11 is 3.41. The minimum atomic E-state index is 0.0756. The summed E-state index contributed by atoms with van der Waals surface area (Å²) in [6, 6.07) is 5.61. The van der Waals surface area contributed by atoms with Gasteiger partial charge >= 0.3 is 0 Å². The van der Waals surface area contributed by atoms with Gasteiger partial charge in [-0.05, 0) is 37.6 Å². The molecule has 1 atom stereocenters. The second kappa shape index (κ2) is 5.38. The monoisotopic (exact) mass is 335 g/mol. The van der Waals surface area contributed by atoms with E-state index in [1.54, 1.807) is 6.07 Å². The van der Waals surface area contributed by atoms with E-state index in [-0.39, 0.29) is 11.8 Å². The van der Waals surface area contributed by atoms with E-state index in [9.17, 15) is 4.79 Å². The highest BCUT2D eigenvalue weighted by molar-refractivity contribution is 9.10. The van der Waals surface area contributed by atoms with Gasteiger partial charge in [-0.1, -0.05) is 15.9 Å². The van der Waals surface area contributed by atoms with Crippen LogP contribution >= 0.6 is 15.9 Å². The molecule has 6 heteroatoms. The Morgan fingerprint density at radius 1 is 1.55 bits per heavy atom. The van der Waals surface area contributed by atoms with Crippen LogP contribution in [0.15, 0.2) is 32.1 Å². The highest BCUT2D eigenvalue weighted by atomic mass is 79.9. The summed E-state index contributed by atoms with van der Waals surface area (Å²) in [4.78, 5) is 15.6. The van der Waals surface area contributed by atoms with E-state index in [2.05, 4.69) is 26.2 Å². The zero-order valence-electron chi connectivity index (χ0n) is 10.7. The first-order valence-electron chi connectivity index (χ1n) is 6.43. The molecule has 0 amide bonds. The van der Waals surface area contributed by atoms with Gasteiger partial charge in [0.2, 0.25) is 0 Å². The number of hydrogen-bond acceptors (Lipinski definition) is 4. The number of rotatable bonds is 3. The van der Waals surface area contributed by atoms with Crippen LogP contribution in [0.4, 0.5) is 5.69 Å². The number of aldehydes is 1. The number of halogens is 1. The molecule has 2 heterocycles. The number of amidine groups is 1. The molecule has 0 saturated carbocycles. The Hall–Kier alpha value is -1.66. The smallest absolute Gasteiger partial charge is 0.193 e. The lowest BCUT2D eigenvalue weighted by atomic mass is 10.2. The molecule has 1 aromatic heterocycles. The van der Waals surface area contributed by atoms with Crippen LogP contribution in [0, 0.1) is 0 Å². The molecule has 1 aliphatic heterocycles. The fourth-order valence-electron chi connectivity index (χ4n) is 2.41. The topological polar surface area (TPSA) is 80.6 Å². The van der Waals surface area contributed by atoms with E-state index in [0.717, 1.165) is 29.2 Å². The van der Waals surface area contributed by atoms with Gasteiger partial charge in [-0.2, -0.15) is 0 Å². The Morgan fingerprint density at radius 3 is 3.10 bits per heavy atom. The number of nitrogens with zero attached hydrogens (tertiary/aromatic N) is 1. The molecule has 20 heavy (non-hydrogen) atoms. The summed E-state index contributed by atoms with van der Waals surface area (Å²) in [5.41, 5.74) is 7.17. The van der Waals surface area contributed by atoms with Crippen LogP contribution in [0.5, 0.6) is 0 Å². The predicted octanol–water partition coefficient (Wildman–Crippen LogP) is 2.75. The molecule has 0 radical (unpaired) electrons. The first-order valence-corrected chi connectivity index (χ1v) is 7.23. The third-order valence-electron chi connectivity index (χ3n) is 3.42. The van der Waals surface area contributed by atoms with Gasteiger partial charge in [-0.25, -0.2) is 4.99 Å². The molecule has 2 aromatic rings. The van der Waals surface area contributed by atoms with Crippen molar-refractivity contribution in [3.8, 4) is 0 Å². The van der Waals surface area contributed by atoms with E-state index in [1.165, 1.54) is 0 Å². The van der Waals surface area contributed by atoms with Crippen LogP contribution in [-0.4, -0.2) is 24.7 Å². The second-order valence-corrected chi connectivity index (χ2v) is 5.67. The number of nitrogens with two attached hydrogens (primary N) is 1. The fraction of sp³-hybridized carbons (Fsp3) is 0.286. The van der Waals surface area contributed by atoms with Crippen LogP contribution < -0.4 is 11.1 Å². The molecule has 3 rings (SSSR count). The molecule has 1 aromatic carbocycles. The van der Waals surface area contributed by atoms with Crippen molar-refractivity contribution in [3.63, 3.8) is 0 Å². The van der Waals surface area contributed by atoms with Gasteiger partial charge in [0.15, 0.2) is 12.0 Å². The van der Waals surface area contributed by atoms with Gasteiger partial charge < -0.3 is 15.5 Å². The number of furan rings is 1. The van der Waals surface area contributed by atoms with Crippen molar-refractivity contribution in [1.29, 1.82) is 0 Å². The number of carbonyl (C=O) groups is 1. The van der Waals surface area contributed by atoms with Crippen LogP contribution in [0.1, 0.15) is 23.4 Å². The number of aliphatic imine (C=N–C) groups is 1. The Kier molecular flexibility index (Phi) is 3.58. The number of fused-ring (bicyclic) bond motifs is 1. The fourth-order valence-corrected chi connectivity index (χ4v) is 2.78. The quantitative estimate of drug-likeness (QED) is 0.513. The minimum absolute atomic E-state index is 0.0756. The Morgan fingerprint density at radius 2 is 2.40 bits per heavy atom. The van der Waals surface area contributed by atoms with Crippen molar-refractivity contribution in [3.05, 3.63) is 28.4 Å². The number of benzene rings is 1. The molecule has 0 spiro atoms. The first kappa shape index (κ1) is 13.3. The van der Waals surface area contributed by atoms with E-state index < -0.39 is 0 Å². The van der Waals surface area contributed by atoms with E-state index in [4.69, 9.17) is 10.2 Å². The zero-order chi connectivity index (χ0) is 14.1. The highest BCUT2D eigenvalue weighted by Crippen LogP contribution is 2.34. The van der Waals surface area contributed by atoms with E-state index >= 15 is 0 Å². The van der Waals surface area contributed by atoms with Crippen LogP contribution in [-0.2, 0) is 0 Å². The third kappa shape index (κ3) is 2.36. The van der Waals surface area contributed by atoms with E-state index in [1.807, 2.05) is 12.1 Å². The van der Waals surface area contributed by atoms with Gasteiger partial charge in [0.25, 0.3) is 0 Å². The molecule has 5 nitrogen and oxygen atoms in total. The molecule has 1 aliphatic rings. The molecular formula is C14H14BrN3O2. The van der Waals surface area contributed by atoms with Crippen molar-refractivity contribution >= 4 is 44.7 Å².